The maximum atomic E-state index is 12.0. The number of carbonyl (C=O) groups excluding carboxylic acids is 1. The third-order valence-corrected chi connectivity index (χ3v) is 3.16. The predicted octanol–water partition coefficient (Wildman–Crippen LogP) is 2.41. The molecule has 3 heteroatoms. The number of thiocarbonyl (C=S) groups is 1. The lowest BCUT2D eigenvalue weighted by atomic mass is 9.87. The molecule has 0 unspecified atom stereocenters. The number of nitrogens with one attached hydrogen (secondary N) is 1. The van der Waals surface area contributed by atoms with Crippen molar-refractivity contribution in [3.8, 4) is 0 Å². The molecule has 17 heavy (non-hydrogen) atoms. The Balaban J connectivity index is 2.37. The smallest absolute Gasteiger partial charge is 0.170 e. The molecule has 1 aliphatic rings. The number of Topliss-reactive ketones (excluding diaryl/α,β-unsaturated/α-hetero) is 1. The highest BCUT2D eigenvalue weighted by Crippen LogP contribution is 2.23. The Labute approximate surface area is 107 Å². The van der Waals surface area contributed by atoms with Crippen LogP contribution in [0.15, 0.2) is 36.0 Å². The summed E-state index contributed by atoms with van der Waals surface area (Å²) in [5.74, 6) is 0.0989. The minimum atomic E-state index is 0.0989. The van der Waals surface area contributed by atoms with Gasteiger partial charge in [-0.05, 0) is 25.0 Å². The van der Waals surface area contributed by atoms with Gasteiger partial charge in [-0.1, -0.05) is 36.5 Å². The zero-order valence-corrected chi connectivity index (χ0v) is 10.8. The molecule has 0 radical (unpaired) electrons. The fourth-order valence-electron chi connectivity index (χ4n) is 1.83. The molecule has 1 aliphatic carbocycles. The number of allylic oxidation sites excluding steroid dienone is 1. The fourth-order valence-corrected chi connectivity index (χ4v) is 2.20. The summed E-state index contributed by atoms with van der Waals surface area (Å²) < 4.78 is 0. The number of benzene rings is 1. The third kappa shape index (κ3) is 2.44. The zero-order chi connectivity index (χ0) is 12.4. The number of rotatable bonds is 2. The van der Waals surface area contributed by atoms with Crippen LogP contribution in [0.1, 0.15) is 25.0 Å². The quantitative estimate of drug-likeness (QED) is 0.641. The van der Waals surface area contributed by atoms with E-state index in [9.17, 15) is 4.79 Å². The first-order valence-electron chi connectivity index (χ1n) is 5.71. The van der Waals surface area contributed by atoms with Gasteiger partial charge in [0, 0.05) is 18.7 Å². The highest BCUT2D eigenvalue weighted by atomic mass is 32.1. The molecule has 0 spiro atoms. The average Bonchev–Trinajstić information content (AvgIpc) is 2.28. The van der Waals surface area contributed by atoms with Gasteiger partial charge >= 0.3 is 0 Å². The Bertz CT molecular complexity index is 503. The Morgan fingerprint density at radius 3 is 2.76 bits per heavy atom. The van der Waals surface area contributed by atoms with Gasteiger partial charge in [0.15, 0.2) is 5.78 Å². The molecule has 0 saturated heterocycles. The van der Waals surface area contributed by atoms with E-state index in [-0.39, 0.29) is 5.78 Å². The predicted molar refractivity (Wildman–Crippen MR) is 73.2 cm³/mol. The van der Waals surface area contributed by atoms with Gasteiger partial charge in [-0.3, -0.25) is 4.79 Å². The normalized spacial score (nSPS) is 17.5. The monoisotopic (exact) mass is 245 g/mol. The Morgan fingerprint density at radius 1 is 1.35 bits per heavy atom. The molecule has 0 heterocycles. The van der Waals surface area contributed by atoms with Crippen molar-refractivity contribution in [2.75, 3.05) is 0 Å². The first-order chi connectivity index (χ1) is 8.09. The summed E-state index contributed by atoms with van der Waals surface area (Å²) in [5, 5.41) is 3.14. The summed E-state index contributed by atoms with van der Waals surface area (Å²) in [6.45, 7) is 4.06. The van der Waals surface area contributed by atoms with E-state index in [2.05, 4.69) is 5.32 Å². The van der Waals surface area contributed by atoms with Gasteiger partial charge in [0.1, 0.15) is 0 Å². The second kappa shape index (κ2) is 4.80. The second-order valence-electron chi connectivity index (χ2n) is 4.47. The topological polar surface area (TPSA) is 29.1 Å². The van der Waals surface area contributed by atoms with Crippen molar-refractivity contribution in [1.82, 2.24) is 5.32 Å². The maximum Gasteiger partial charge on any atom is 0.170 e. The van der Waals surface area contributed by atoms with Crippen molar-refractivity contribution in [3.05, 3.63) is 47.2 Å². The van der Waals surface area contributed by atoms with E-state index in [1.165, 1.54) is 0 Å². The molecule has 0 fully saturated rings. The largest absolute Gasteiger partial charge is 0.388 e. The third-order valence-electron chi connectivity index (χ3n) is 2.72. The first-order valence-corrected chi connectivity index (χ1v) is 6.12. The summed E-state index contributed by atoms with van der Waals surface area (Å²) in [6.07, 6.45) is 2.20. The summed E-state index contributed by atoms with van der Waals surface area (Å²) in [6, 6.07) is 8.14. The molecule has 0 atom stereocenters. The van der Waals surface area contributed by atoms with Crippen LogP contribution in [-0.2, 0) is 11.2 Å². The molecule has 1 N–H and O–H groups in total. The van der Waals surface area contributed by atoms with Crippen LogP contribution in [0.4, 0.5) is 0 Å². The standard InChI is InChI=1S/C14H15NOS/c1-9(2)15-8-12-13(16)7-10-5-3-4-6-11(10)14(12)17/h3-6,8-9,15H,7H2,1-2H3/b12-8-. The van der Waals surface area contributed by atoms with Gasteiger partial charge in [-0.2, -0.15) is 0 Å². The van der Waals surface area contributed by atoms with Gasteiger partial charge < -0.3 is 5.32 Å². The lowest BCUT2D eigenvalue weighted by molar-refractivity contribution is -0.114. The first kappa shape index (κ1) is 12.0. The fraction of sp³-hybridized carbons (Fsp3) is 0.286. The Kier molecular flexibility index (Phi) is 3.38. The number of hydrogen-bond donors (Lipinski definition) is 1. The molecular formula is C14H15NOS. The SMILES string of the molecule is CC(C)N/C=C1/C(=O)Cc2ccccc2C1=S. The highest BCUT2D eigenvalue weighted by molar-refractivity contribution is 7.81. The molecule has 0 aromatic heterocycles. The van der Waals surface area contributed by atoms with Crippen LogP contribution < -0.4 is 5.32 Å². The van der Waals surface area contributed by atoms with E-state index in [1.807, 2.05) is 38.1 Å². The van der Waals surface area contributed by atoms with Crippen LogP contribution in [0.3, 0.4) is 0 Å². The number of hydrogen-bond acceptors (Lipinski definition) is 3. The summed E-state index contributed by atoms with van der Waals surface area (Å²) in [4.78, 5) is 12.6. The molecule has 0 bridgehead atoms. The Hall–Kier alpha value is -1.48. The van der Waals surface area contributed by atoms with Crippen molar-refractivity contribution in [1.29, 1.82) is 0 Å². The zero-order valence-electron chi connectivity index (χ0n) is 9.99. The van der Waals surface area contributed by atoms with Crippen molar-refractivity contribution in [3.63, 3.8) is 0 Å². The van der Waals surface area contributed by atoms with Crippen LogP contribution in [-0.4, -0.2) is 16.7 Å². The van der Waals surface area contributed by atoms with E-state index in [1.54, 1.807) is 6.20 Å². The molecule has 0 aliphatic heterocycles. The van der Waals surface area contributed by atoms with Crippen LogP contribution in [0.5, 0.6) is 0 Å². The van der Waals surface area contributed by atoms with Gasteiger partial charge in [-0.25, -0.2) is 0 Å². The minimum absolute atomic E-state index is 0.0989. The van der Waals surface area contributed by atoms with E-state index in [0.29, 0.717) is 22.9 Å². The Morgan fingerprint density at radius 2 is 2.06 bits per heavy atom. The van der Waals surface area contributed by atoms with Crippen LogP contribution in [0.25, 0.3) is 0 Å². The lowest BCUT2D eigenvalue weighted by Crippen LogP contribution is -2.26. The van der Waals surface area contributed by atoms with Gasteiger partial charge in [0.2, 0.25) is 0 Å². The number of carbonyl (C=O) groups is 1. The molecule has 2 nitrogen and oxygen atoms in total. The lowest BCUT2D eigenvalue weighted by Gasteiger charge is -2.19. The van der Waals surface area contributed by atoms with Crippen molar-refractivity contribution >= 4 is 22.9 Å². The van der Waals surface area contributed by atoms with Crippen LogP contribution in [0.2, 0.25) is 0 Å². The second-order valence-corrected chi connectivity index (χ2v) is 4.87. The van der Waals surface area contributed by atoms with Gasteiger partial charge in [0.25, 0.3) is 0 Å². The van der Waals surface area contributed by atoms with Crippen molar-refractivity contribution < 1.29 is 4.79 Å². The molecule has 0 amide bonds. The van der Waals surface area contributed by atoms with Gasteiger partial charge in [-0.15, -0.1) is 0 Å². The van der Waals surface area contributed by atoms with E-state index < -0.39 is 0 Å². The highest BCUT2D eigenvalue weighted by Gasteiger charge is 2.24. The van der Waals surface area contributed by atoms with Gasteiger partial charge in [0.05, 0.1) is 10.4 Å². The van der Waals surface area contributed by atoms with E-state index >= 15 is 0 Å². The van der Waals surface area contributed by atoms with Crippen LogP contribution in [0, 0.1) is 0 Å². The molecule has 1 aromatic carbocycles. The summed E-state index contributed by atoms with van der Waals surface area (Å²) in [7, 11) is 0. The van der Waals surface area contributed by atoms with Crippen molar-refractivity contribution in [2.24, 2.45) is 0 Å². The number of fused-ring (bicyclic) bond motifs is 1. The van der Waals surface area contributed by atoms with E-state index in [0.717, 1.165) is 11.1 Å². The minimum Gasteiger partial charge on any atom is -0.388 e. The van der Waals surface area contributed by atoms with Crippen molar-refractivity contribution in [2.45, 2.75) is 26.3 Å². The van der Waals surface area contributed by atoms with E-state index in [4.69, 9.17) is 12.2 Å². The molecule has 88 valence electrons. The molecular weight excluding hydrogens is 230 g/mol. The summed E-state index contributed by atoms with van der Waals surface area (Å²) >= 11 is 5.38. The molecule has 2 rings (SSSR count). The molecule has 1 aromatic rings. The maximum absolute atomic E-state index is 12.0. The molecule has 0 saturated carbocycles. The summed E-state index contributed by atoms with van der Waals surface area (Å²) in [5.41, 5.74) is 2.68. The average molecular weight is 245 g/mol. The number of ketones is 1. The van der Waals surface area contributed by atoms with Crippen LogP contribution >= 0.6 is 12.2 Å².